The molecule has 154 valence electrons. The maximum Gasteiger partial charge on any atom is 0.253 e. The molecule has 4 rings (SSSR count). The van der Waals surface area contributed by atoms with Crippen molar-refractivity contribution in [2.75, 3.05) is 44.2 Å². The van der Waals surface area contributed by atoms with E-state index in [4.69, 9.17) is 34.8 Å². The number of benzene rings is 2. The Balaban J connectivity index is 1.38. The number of hydrogen-bond acceptors (Lipinski definition) is 4. The number of carbonyl (C=O) groups is 1. The molecule has 1 amide bonds. The fraction of sp³-hybridized carbons (Fsp3) is 0.381. The minimum atomic E-state index is -0.562. The van der Waals surface area contributed by atoms with Gasteiger partial charge in [-0.05, 0) is 36.4 Å². The molecule has 2 heterocycles. The van der Waals surface area contributed by atoms with Gasteiger partial charge in [0.1, 0.15) is 0 Å². The van der Waals surface area contributed by atoms with Crippen LogP contribution in [0.15, 0.2) is 42.5 Å². The molecule has 0 aliphatic carbocycles. The largest absolute Gasteiger partial charge is 0.390 e. The van der Waals surface area contributed by atoms with E-state index in [9.17, 15) is 9.90 Å². The van der Waals surface area contributed by atoms with Gasteiger partial charge in [-0.25, -0.2) is 0 Å². The lowest BCUT2D eigenvalue weighted by Crippen LogP contribution is -2.53. The topological polar surface area (TPSA) is 47.0 Å². The maximum absolute atomic E-state index is 12.8. The Labute approximate surface area is 185 Å². The number of anilines is 1. The van der Waals surface area contributed by atoms with Crippen molar-refractivity contribution in [3.8, 4) is 0 Å². The Morgan fingerprint density at radius 2 is 1.62 bits per heavy atom. The molecule has 8 heteroatoms. The highest BCUT2D eigenvalue weighted by molar-refractivity contribution is 6.43. The van der Waals surface area contributed by atoms with Crippen molar-refractivity contribution in [3.63, 3.8) is 0 Å². The molecule has 2 fully saturated rings. The highest BCUT2D eigenvalue weighted by atomic mass is 35.5. The van der Waals surface area contributed by atoms with E-state index in [2.05, 4.69) is 9.80 Å². The summed E-state index contributed by atoms with van der Waals surface area (Å²) < 4.78 is 0. The zero-order valence-corrected chi connectivity index (χ0v) is 18.0. The number of amides is 1. The molecule has 2 atom stereocenters. The molecular formula is C21H22Cl3N3O2. The lowest BCUT2D eigenvalue weighted by molar-refractivity contribution is 0.0754. The zero-order chi connectivity index (χ0) is 20.5. The van der Waals surface area contributed by atoms with Crippen LogP contribution in [0.25, 0.3) is 0 Å². The molecule has 2 aliphatic heterocycles. The molecule has 5 nitrogen and oxygen atoms in total. The SMILES string of the molecule is O=C(c1ccc(Cl)cc1)N1CC(O)C(N2CCN(c3cccc(Cl)c3Cl)CC2)C1. The van der Waals surface area contributed by atoms with Crippen molar-refractivity contribution in [1.82, 2.24) is 9.80 Å². The summed E-state index contributed by atoms with van der Waals surface area (Å²) in [7, 11) is 0. The second-order valence-electron chi connectivity index (χ2n) is 7.45. The van der Waals surface area contributed by atoms with Gasteiger partial charge in [-0.15, -0.1) is 0 Å². The first-order chi connectivity index (χ1) is 13.9. The van der Waals surface area contributed by atoms with Crippen molar-refractivity contribution in [2.24, 2.45) is 0 Å². The minimum absolute atomic E-state index is 0.0665. The first kappa shape index (κ1) is 20.8. The number of piperazine rings is 1. The van der Waals surface area contributed by atoms with E-state index in [1.807, 2.05) is 12.1 Å². The molecule has 0 spiro atoms. The fourth-order valence-electron chi connectivity index (χ4n) is 4.10. The normalized spacial score (nSPS) is 22.9. The summed E-state index contributed by atoms with van der Waals surface area (Å²) in [5, 5.41) is 12.3. The summed E-state index contributed by atoms with van der Waals surface area (Å²) in [5.74, 6) is -0.0763. The minimum Gasteiger partial charge on any atom is -0.390 e. The van der Waals surface area contributed by atoms with E-state index in [-0.39, 0.29) is 11.9 Å². The molecule has 1 N–H and O–H groups in total. The smallest absolute Gasteiger partial charge is 0.253 e. The Bertz CT molecular complexity index is 885. The van der Waals surface area contributed by atoms with Gasteiger partial charge in [-0.1, -0.05) is 40.9 Å². The number of halogens is 3. The van der Waals surface area contributed by atoms with Crippen LogP contribution in [0.3, 0.4) is 0 Å². The quantitative estimate of drug-likeness (QED) is 0.769. The highest BCUT2D eigenvalue weighted by Crippen LogP contribution is 2.33. The second kappa shape index (κ2) is 8.70. The summed E-state index contributed by atoms with van der Waals surface area (Å²) in [4.78, 5) is 18.9. The fourth-order valence-corrected chi connectivity index (χ4v) is 4.64. The molecule has 0 bridgehead atoms. The molecule has 0 aromatic heterocycles. The Kier molecular flexibility index (Phi) is 6.23. The van der Waals surface area contributed by atoms with Crippen LogP contribution in [-0.2, 0) is 0 Å². The number of carbonyl (C=O) groups excluding carboxylic acids is 1. The standard InChI is InChI=1S/C21H22Cl3N3O2/c22-15-6-4-14(5-7-15)21(29)27-12-18(19(28)13-27)26-10-8-25(9-11-26)17-3-1-2-16(23)20(17)24/h1-7,18-19,28H,8-13H2. The maximum atomic E-state index is 12.8. The number of aliphatic hydroxyl groups excluding tert-OH is 1. The molecule has 2 aliphatic rings. The van der Waals surface area contributed by atoms with E-state index in [0.29, 0.717) is 33.7 Å². The van der Waals surface area contributed by atoms with Gasteiger partial charge in [-0.2, -0.15) is 0 Å². The van der Waals surface area contributed by atoms with Crippen molar-refractivity contribution in [3.05, 3.63) is 63.1 Å². The first-order valence-electron chi connectivity index (χ1n) is 9.60. The van der Waals surface area contributed by atoms with Crippen LogP contribution in [0.1, 0.15) is 10.4 Å². The van der Waals surface area contributed by atoms with Gasteiger partial charge in [0.25, 0.3) is 5.91 Å². The average Bonchev–Trinajstić information content (AvgIpc) is 3.12. The van der Waals surface area contributed by atoms with Crippen molar-refractivity contribution in [2.45, 2.75) is 12.1 Å². The monoisotopic (exact) mass is 453 g/mol. The Hall–Kier alpha value is -1.50. The number of likely N-dealkylation sites (tertiary alicyclic amines) is 1. The summed E-state index contributed by atoms with van der Waals surface area (Å²) in [6, 6.07) is 12.4. The van der Waals surface area contributed by atoms with Crippen molar-refractivity contribution >= 4 is 46.4 Å². The summed E-state index contributed by atoms with van der Waals surface area (Å²) >= 11 is 18.4. The lowest BCUT2D eigenvalue weighted by atomic mass is 10.1. The van der Waals surface area contributed by atoms with Gasteiger partial charge >= 0.3 is 0 Å². The van der Waals surface area contributed by atoms with E-state index in [1.165, 1.54) is 0 Å². The van der Waals surface area contributed by atoms with E-state index in [1.54, 1.807) is 35.2 Å². The molecule has 0 saturated carbocycles. The summed E-state index contributed by atoms with van der Waals surface area (Å²) in [6.45, 7) is 4.00. The molecule has 2 aromatic carbocycles. The third kappa shape index (κ3) is 4.35. The van der Waals surface area contributed by atoms with Crippen molar-refractivity contribution in [1.29, 1.82) is 0 Å². The second-order valence-corrected chi connectivity index (χ2v) is 8.67. The van der Waals surface area contributed by atoms with Gasteiger partial charge in [0.2, 0.25) is 0 Å². The van der Waals surface area contributed by atoms with E-state index >= 15 is 0 Å². The number of nitrogens with zero attached hydrogens (tertiary/aromatic N) is 3. The van der Waals surface area contributed by atoms with E-state index < -0.39 is 6.10 Å². The average molecular weight is 455 g/mol. The molecule has 29 heavy (non-hydrogen) atoms. The zero-order valence-electron chi connectivity index (χ0n) is 15.8. The van der Waals surface area contributed by atoms with Crippen LogP contribution in [0.4, 0.5) is 5.69 Å². The van der Waals surface area contributed by atoms with E-state index in [0.717, 1.165) is 31.9 Å². The Morgan fingerprint density at radius 1 is 0.931 bits per heavy atom. The van der Waals surface area contributed by atoms with Crippen LogP contribution >= 0.6 is 34.8 Å². The third-order valence-electron chi connectivity index (χ3n) is 5.69. The molecule has 2 saturated heterocycles. The van der Waals surface area contributed by atoms with Gasteiger partial charge in [-0.3, -0.25) is 9.69 Å². The molecule has 2 aromatic rings. The lowest BCUT2D eigenvalue weighted by Gasteiger charge is -2.40. The highest BCUT2D eigenvalue weighted by Gasteiger charge is 2.39. The van der Waals surface area contributed by atoms with Crippen molar-refractivity contribution < 1.29 is 9.90 Å². The Morgan fingerprint density at radius 3 is 2.31 bits per heavy atom. The third-order valence-corrected chi connectivity index (χ3v) is 6.75. The molecule has 2 unspecified atom stereocenters. The van der Waals surface area contributed by atoms with Crippen LogP contribution in [0, 0.1) is 0 Å². The van der Waals surface area contributed by atoms with Crippen LogP contribution < -0.4 is 4.90 Å². The number of aliphatic hydroxyl groups is 1. The predicted molar refractivity (Wildman–Crippen MR) is 117 cm³/mol. The van der Waals surface area contributed by atoms with Gasteiger partial charge < -0.3 is 14.9 Å². The molecular weight excluding hydrogens is 433 g/mol. The van der Waals surface area contributed by atoms with Gasteiger partial charge in [0.05, 0.1) is 27.9 Å². The van der Waals surface area contributed by atoms with Gasteiger partial charge in [0, 0.05) is 49.9 Å². The number of rotatable bonds is 3. The number of β-amino-alcohol motifs (C(OH)–C–C–N with tert-alkyl or cyclic N) is 1. The first-order valence-corrected chi connectivity index (χ1v) is 10.7. The molecule has 0 radical (unpaired) electrons. The van der Waals surface area contributed by atoms with Crippen LogP contribution in [-0.4, -0.2) is 72.2 Å². The summed E-state index contributed by atoms with van der Waals surface area (Å²) in [6.07, 6.45) is -0.562. The summed E-state index contributed by atoms with van der Waals surface area (Å²) in [5.41, 5.74) is 1.52. The number of hydrogen-bond donors (Lipinski definition) is 1. The predicted octanol–water partition coefficient (Wildman–Crippen LogP) is 3.65. The van der Waals surface area contributed by atoms with Gasteiger partial charge in [0.15, 0.2) is 0 Å². The van der Waals surface area contributed by atoms with Crippen LogP contribution in [0.2, 0.25) is 15.1 Å². The van der Waals surface area contributed by atoms with Crippen LogP contribution in [0.5, 0.6) is 0 Å².